The third-order valence-electron chi connectivity index (χ3n) is 6.22. The van der Waals surface area contributed by atoms with Crippen molar-refractivity contribution in [2.24, 2.45) is 5.73 Å². The Balaban J connectivity index is 1.50. The van der Waals surface area contributed by atoms with E-state index < -0.39 is 12.7 Å². The van der Waals surface area contributed by atoms with Crippen LogP contribution < -0.4 is 16.0 Å². The van der Waals surface area contributed by atoms with Crippen LogP contribution in [-0.4, -0.2) is 54.8 Å². The van der Waals surface area contributed by atoms with Gasteiger partial charge in [0.25, 0.3) is 0 Å². The lowest BCUT2D eigenvalue weighted by molar-refractivity contribution is -0.142. The van der Waals surface area contributed by atoms with Crippen molar-refractivity contribution in [2.45, 2.75) is 45.1 Å². The molecule has 1 saturated heterocycles. The molecule has 0 amide bonds. The lowest BCUT2D eigenvalue weighted by atomic mass is 10.0. The van der Waals surface area contributed by atoms with Gasteiger partial charge in [-0.3, -0.25) is 4.68 Å². The van der Waals surface area contributed by atoms with Crippen molar-refractivity contribution in [2.75, 3.05) is 23.3 Å². The number of nitrogens with two attached hydrogens (primary N) is 1. The van der Waals surface area contributed by atoms with Crippen molar-refractivity contribution in [3.8, 4) is 17.2 Å². The summed E-state index contributed by atoms with van der Waals surface area (Å²) in [5.41, 5.74) is 9.12. The number of piperidine rings is 1. The number of nitriles is 1. The van der Waals surface area contributed by atoms with E-state index in [1.54, 1.807) is 23.0 Å². The summed E-state index contributed by atoms with van der Waals surface area (Å²) in [6.07, 6.45) is 1.85. The molecule has 0 spiro atoms. The standard InChI is InChI=1S/C24H25F3N10/c1-2-37-23-17(19(9-28)34-37)5-6-21(33-23)32-22-8-20(35-7-3-4-16(29)13-35)18(11-30-22)15-10-31-36(12-15)14-24(25,26)27/h5-6,8,10-12,16H,2-4,7,13-14,29H2,1H3,(H,30,32,33)/t16-/m0/s1. The van der Waals surface area contributed by atoms with E-state index in [1.165, 1.54) is 12.4 Å². The fraction of sp³-hybridized carbons (Fsp3) is 0.375. The minimum atomic E-state index is -4.37. The summed E-state index contributed by atoms with van der Waals surface area (Å²) in [5, 5.41) is 21.4. The van der Waals surface area contributed by atoms with Crippen LogP contribution in [0.3, 0.4) is 0 Å². The topological polar surface area (TPSA) is 126 Å². The molecule has 1 aliphatic rings. The minimum Gasteiger partial charge on any atom is -0.369 e. The van der Waals surface area contributed by atoms with Crippen LogP contribution in [0.2, 0.25) is 0 Å². The molecule has 5 rings (SSSR count). The number of hydrogen-bond donors (Lipinski definition) is 2. The van der Waals surface area contributed by atoms with Gasteiger partial charge in [-0.05, 0) is 31.9 Å². The maximum absolute atomic E-state index is 12.9. The largest absolute Gasteiger partial charge is 0.408 e. The van der Waals surface area contributed by atoms with Crippen LogP contribution >= 0.6 is 0 Å². The van der Waals surface area contributed by atoms with Crippen molar-refractivity contribution in [1.82, 2.24) is 29.5 Å². The lowest BCUT2D eigenvalue weighted by Gasteiger charge is -2.34. The van der Waals surface area contributed by atoms with E-state index in [0.717, 1.165) is 29.8 Å². The number of rotatable bonds is 6. The normalized spacial score (nSPS) is 16.2. The molecule has 1 aliphatic heterocycles. The number of hydrogen-bond acceptors (Lipinski definition) is 8. The molecule has 4 aromatic heterocycles. The number of aryl methyl sites for hydroxylation is 1. The summed E-state index contributed by atoms with van der Waals surface area (Å²) in [6, 6.07) is 7.46. The second-order valence-electron chi connectivity index (χ2n) is 8.95. The second-order valence-corrected chi connectivity index (χ2v) is 8.95. The molecule has 13 heteroatoms. The molecule has 0 bridgehead atoms. The number of nitrogens with zero attached hydrogens (tertiary/aromatic N) is 8. The maximum Gasteiger partial charge on any atom is 0.408 e. The Morgan fingerprint density at radius 2 is 2.08 bits per heavy atom. The van der Waals surface area contributed by atoms with E-state index >= 15 is 0 Å². The van der Waals surface area contributed by atoms with Crippen molar-refractivity contribution in [1.29, 1.82) is 5.26 Å². The third kappa shape index (κ3) is 5.19. The van der Waals surface area contributed by atoms with Gasteiger partial charge in [0.15, 0.2) is 11.3 Å². The molecule has 3 N–H and O–H groups in total. The molecular formula is C24H25F3N10. The van der Waals surface area contributed by atoms with Gasteiger partial charge in [0, 0.05) is 61.0 Å². The zero-order valence-corrected chi connectivity index (χ0v) is 20.1. The van der Waals surface area contributed by atoms with E-state index in [4.69, 9.17) is 5.73 Å². The average Bonchev–Trinajstić information content (AvgIpc) is 3.46. The van der Waals surface area contributed by atoms with Crippen molar-refractivity contribution >= 4 is 28.4 Å². The average molecular weight is 511 g/mol. The highest BCUT2D eigenvalue weighted by molar-refractivity contribution is 5.84. The summed E-state index contributed by atoms with van der Waals surface area (Å²) in [6.45, 7) is 2.69. The minimum absolute atomic E-state index is 0.00754. The quantitative estimate of drug-likeness (QED) is 0.401. The summed E-state index contributed by atoms with van der Waals surface area (Å²) in [5.74, 6) is 1.03. The second kappa shape index (κ2) is 9.70. The predicted octanol–water partition coefficient (Wildman–Crippen LogP) is 3.81. The molecule has 0 saturated carbocycles. The first-order chi connectivity index (χ1) is 17.7. The monoisotopic (exact) mass is 510 g/mol. The first-order valence-corrected chi connectivity index (χ1v) is 11.9. The number of halogens is 3. The van der Waals surface area contributed by atoms with Crippen LogP contribution in [0.4, 0.5) is 30.5 Å². The Kier molecular flexibility index (Phi) is 6.43. The number of pyridine rings is 2. The van der Waals surface area contributed by atoms with Gasteiger partial charge in [0.2, 0.25) is 0 Å². The molecule has 10 nitrogen and oxygen atoms in total. The highest BCUT2D eigenvalue weighted by atomic mass is 19.4. The van der Waals surface area contributed by atoms with Crippen LogP contribution in [-0.2, 0) is 13.1 Å². The van der Waals surface area contributed by atoms with Crippen molar-refractivity contribution < 1.29 is 13.2 Å². The lowest BCUT2D eigenvalue weighted by Crippen LogP contribution is -2.43. The van der Waals surface area contributed by atoms with Crippen LogP contribution in [0.5, 0.6) is 0 Å². The summed E-state index contributed by atoms with van der Waals surface area (Å²) in [4.78, 5) is 11.3. The summed E-state index contributed by atoms with van der Waals surface area (Å²) < 4.78 is 41.1. The molecule has 0 aliphatic carbocycles. The zero-order chi connectivity index (χ0) is 26.2. The summed E-state index contributed by atoms with van der Waals surface area (Å²) >= 11 is 0. The van der Waals surface area contributed by atoms with E-state index in [-0.39, 0.29) is 6.04 Å². The molecule has 4 aromatic rings. The Morgan fingerprint density at radius 1 is 1.24 bits per heavy atom. The van der Waals surface area contributed by atoms with Gasteiger partial charge >= 0.3 is 6.18 Å². The van der Waals surface area contributed by atoms with Crippen LogP contribution in [0.1, 0.15) is 25.5 Å². The van der Waals surface area contributed by atoms with Gasteiger partial charge in [-0.25, -0.2) is 14.6 Å². The Bertz CT molecular complexity index is 1470. The molecular weight excluding hydrogens is 485 g/mol. The fourth-order valence-electron chi connectivity index (χ4n) is 4.55. The SMILES string of the molecule is CCn1nc(C#N)c2ccc(Nc3cc(N4CCC[C@H](N)C4)c(-c4cnn(CC(F)(F)F)c4)cn3)nc21. The Labute approximate surface area is 210 Å². The molecule has 1 fully saturated rings. The van der Waals surface area contributed by atoms with Gasteiger partial charge in [-0.1, -0.05) is 0 Å². The molecule has 192 valence electrons. The third-order valence-corrected chi connectivity index (χ3v) is 6.22. The predicted molar refractivity (Wildman–Crippen MR) is 132 cm³/mol. The highest BCUT2D eigenvalue weighted by Gasteiger charge is 2.29. The van der Waals surface area contributed by atoms with Crippen LogP contribution in [0.15, 0.2) is 36.8 Å². The maximum atomic E-state index is 12.9. The van der Waals surface area contributed by atoms with Crippen LogP contribution in [0, 0.1) is 11.3 Å². The number of fused-ring (bicyclic) bond motifs is 1. The Hall–Kier alpha value is -4.18. The first kappa shape index (κ1) is 24.5. The van der Waals surface area contributed by atoms with Gasteiger partial charge < -0.3 is 16.0 Å². The number of aromatic nitrogens is 6. The Morgan fingerprint density at radius 3 is 2.81 bits per heavy atom. The molecule has 0 radical (unpaired) electrons. The van der Waals surface area contributed by atoms with Gasteiger partial charge in [-0.2, -0.15) is 28.6 Å². The fourth-order valence-corrected chi connectivity index (χ4v) is 4.55. The van der Waals surface area contributed by atoms with Crippen molar-refractivity contribution in [3.63, 3.8) is 0 Å². The van der Waals surface area contributed by atoms with Crippen molar-refractivity contribution in [3.05, 3.63) is 42.5 Å². The highest BCUT2D eigenvalue weighted by Crippen LogP contribution is 2.34. The van der Waals surface area contributed by atoms with E-state index in [9.17, 15) is 18.4 Å². The van der Waals surface area contributed by atoms with Gasteiger partial charge in [0.05, 0.1) is 11.6 Å². The van der Waals surface area contributed by atoms with Gasteiger partial charge in [0.1, 0.15) is 24.2 Å². The van der Waals surface area contributed by atoms with E-state index in [0.29, 0.717) is 52.6 Å². The van der Waals surface area contributed by atoms with Gasteiger partial charge in [-0.15, -0.1) is 0 Å². The number of anilines is 3. The van der Waals surface area contributed by atoms with E-state index in [2.05, 4.69) is 36.5 Å². The number of nitrogens with one attached hydrogen (secondary N) is 1. The molecule has 0 unspecified atom stereocenters. The molecule has 0 aromatic carbocycles. The first-order valence-electron chi connectivity index (χ1n) is 11.9. The smallest absolute Gasteiger partial charge is 0.369 e. The zero-order valence-electron chi connectivity index (χ0n) is 20.1. The summed E-state index contributed by atoms with van der Waals surface area (Å²) in [7, 11) is 0. The number of alkyl halides is 3. The van der Waals surface area contributed by atoms with E-state index in [1.807, 2.05) is 13.0 Å². The molecule has 5 heterocycles. The van der Waals surface area contributed by atoms with Crippen LogP contribution in [0.25, 0.3) is 22.2 Å². The molecule has 1 atom stereocenters. The molecule has 37 heavy (non-hydrogen) atoms.